The molecule has 2 aromatic rings. The maximum Gasteiger partial charge on any atom is 0.231 e. The average molecular weight is 229 g/mol. The van der Waals surface area contributed by atoms with Crippen molar-refractivity contribution >= 4 is 5.69 Å². The average Bonchev–Trinajstić information content (AvgIpc) is 2.76. The molecule has 86 valence electrons. The van der Waals surface area contributed by atoms with Gasteiger partial charge in [0, 0.05) is 11.3 Å². The number of nitrogen functional groups attached to an aromatic ring is 1. The van der Waals surface area contributed by atoms with E-state index in [2.05, 4.69) is 0 Å². The Morgan fingerprint density at radius 1 is 1.06 bits per heavy atom. The number of fused-ring (bicyclic) bond motifs is 1. The lowest BCUT2D eigenvalue weighted by molar-refractivity contribution is 0.174. The van der Waals surface area contributed by atoms with Crippen LogP contribution < -0.4 is 15.2 Å². The largest absolute Gasteiger partial charge is 0.507 e. The molecule has 1 aliphatic heterocycles. The number of anilines is 1. The molecule has 0 aliphatic carbocycles. The summed E-state index contributed by atoms with van der Waals surface area (Å²) in [5, 5.41) is 9.84. The molecule has 0 saturated carbocycles. The number of phenolic OH excluding ortho intramolecular Hbond substituents is 1. The number of nitrogens with two attached hydrogens (primary N) is 1. The fourth-order valence-corrected chi connectivity index (χ4v) is 1.92. The first-order valence-electron chi connectivity index (χ1n) is 5.23. The van der Waals surface area contributed by atoms with Gasteiger partial charge in [0.15, 0.2) is 11.5 Å². The minimum Gasteiger partial charge on any atom is -0.507 e. The molecular formula is C13H11NO3. The van der Waals surface area contributed by atoms with Crippen LogP contribution in [-0.4, -0.2) is 11.9 Å². The summed E-state index contributed by atoms with van der Waals surface area (Å²) in [5.41, 5.74) is 7.82. The van der Waals surface area contributed by atoms with Gasteiger partial charge in [0.25, 0.3) is 0 Å². The topological polar surface area (TPSA) is 64.7 Å². The summed E-state index contributed by atoms with van der Waals surface area (Å²) in [6, 6.07) is 10.5. The molecule has 2 aromatic carbocycles. The van der Waals surface area contributed by atoms with Crippen LogP contribution in [0.4, 0.5) is 5.69 Å². The standard InChI is InChI=1S/C13H11NO3/c14-9-2-1-3-10(15)13(9)8-4-5-11-12(6-8)17-7-16-11/h1-6,15H,7,14H2. The molecule has 3 N–H and O–H groups in total. The van der Waals surface area contributed by atoms with Crippen LogP contribution in [0.1, 0.15) is 0 Å². The molecule has 1 heterocycles. The monoisotopic (exact) mass is 229 g/mol. The Morgan fingerprint density at radius 2 is 1.88 bits per heavy atom. The van der Waals surface area contributed by atoms with Crippen molar-refractivity contribution < 1.29 is 14.6 Å². The van der Waals surface area contributed by atoms with Crippen LogP contribution in [0.25, 0.3) is 11.1 Å². The zero-order valence-electron chi connectivity index (χ0n) is 9.01. The molecule has 17 heavy (non-hydrogen) atoms. The van der Waals surface area contributed by atoms with Gasteiger partial charge in [-0.1, -0.05) is 12.1 Å². The number of rotatable bonds is 1. The number of benzene rings is 2. The lowest BCUT2D eigenvalue weighted by Gasteiger charge is -2.08. The van der Waals surface area contributed by atoms with E-state index in [9.17, 15) is 5.11 Å². The van der Waals surface area contributed by atoms with Crippen molar-refractivity contribution in [2.45, 2.75) is 0 Å². The van der Waals surface area contributed by atoms with Crippen molar-refractivity contribution in [3.8, 4) is 28.4 Å². The summed E-state index contributed by atoms with van der Waals surface area (Å²) < 4.78 is 10.5. The fourth-order valence-electron chi connectivity index (χ4n) is 1.92. The van der Waals surface area contributed by atoms with Crippen molar-refractivity contribution in [1.29, 1.82) is 0 Å². The highest BCUT2D eigenvalue weighted by molar-refractivity contribution is 5.82. The highest BCUT2D eigenvalue weighted by Gasteiger charge is 2.16. The molecule has 0 bridgehead atoms. The molecule has 4 heteroatoms. The van der Waals surface area contributed by atoms with Crippen molar-refractivity contribution in [2.75, 3.05) is 12.5 Å². The Labute approximate surface area is 98.2 Å². The van der Waals surface area contributed by atoms with E-state index in [1.807, 2.05) is 18.2 Å². The Kier molecular flexibility index (Phi) is 2.08. The van der Waals surface area contributed by atoms with E-state index in [0.29, 0.717) is 22.7 Å². The predicted molar refractivity (Wildman–Crippen MR) is 64.1 cm³/mol. The van der Waals surface area contributed by atoms with Crippen LogP contribution in [0, 0.1) is 0 Å². The highest BCUT2D eigenvalue weighted by atomic mass is 16.7. The van der Waals surface area contributed by atoms with E-state index in [4.69, 9.17) is 15.2 Å². The van der Waals surface area contributed by atoms with Gasteiger partial charge >= 0.3 is 0 Å². The van der Waals surface area contributed by atoms with Gasteiger partial charge in [-0.05, 0) is 29.8 Å². The Morgan fingerprint density at radius 3 is 2.71 bits per heavy atom. The third-order valence-corrected chi connectivity index (χ3v) is 2.74. The number of hydrogen-bond acceptors (Lipinski definition) is 4. The first-order chi connectivity index (χ1) is 8.25. The van der Waals surface area contributed by atoms with Crippen molar-refractivity contribution in [3.05, 3.63) is 36.4 Å². The Hall–Kier alpha value is -2.36. The van der Waals surface area contributed by atoms with Gasteiger partial charge in [0.1, 0.15) is 5.75 Å². The quantitative estimate of drug-likeness (QED) is 0.737. The molecule has 0 radical (unpaired) electrons. The van der Waals surface area contributed by atoms with E-state index in [1.165, 1.54) is 0 Å². The molecular weight excluding hydrogens is 218 g/mol. The molecule has 0 fully saturated rings. The number of aromatic hydroxyl groups is 1. The van der Waals surface area contributed by atoms with Crippen LogP contribution in [0.15, 0.2) is 36.4 Å². The van der Waals surface area contributed by atoms with Crippen molar-refractivity contribution in [2.24, 2.45) is 0 Å². The number of phenols is 1. The van der Waals surface area contributed by atoms with Crippen LogP contribution in [0.2, 0.25) is 0 Å². The normalized spacial score (nSPS) is 12.7. The van der Waals surface area contributed by atoms with Crippen LogP contribution in [0.5, 0.6) is 17.2 Å². The Balaban J connectivity index is 2.16. The third kappa shape index (κ3) is 1.54. The highest BCUT2D eigenvalue weighted by Crippen LogP contribution is 2.40. The van der Waals surface area contributed by atoms with Gasteiger partial charge in [0.05, 0.1) is 0 Å². The minimum absolute atomic E-state index is 0.156. The molecule has 0 spiro atoms. The zero-order valence-corrected chi connectivity index (χ0v) is 9.01. The van der Waals surface area contributed by atoms with Gasteiger partial charge in [-0.2, -0.15) is 0 Å². The van der Waals surface area contributed by atoms with E-state index >= 15 is 0 Å². The van der Waals surface area contributed by atoms with Gasteiger partial charge in [-0.25, -0.2) is 0 Å². The van der Waals surface area contributed by atoms with Gasteiger partial charge < -0.3 is 20.3 Å². The van der Waals surface area contributed by atoms with Gasteiger partial charge in [0.2, 0.25) is 6.79 Å². The van der Waals surface area contributed by atoms with E-state index in [0.717, 1.165) is 5.56 Å². The number of ether oxygens (including phenoxy) is 2. The van der Waals surface area contributed by atoms with E-state index in [-0.39, 0.29) is 12.5 Å². The second kappa shape index (κ2) is 3.59. The summed E-state index contributed by atoms with van der Waals surface area (Å²) in [4.78, 5) is 0. The molecule has 0 saturated heterocycles. The van der Waals surface area contributed by atoms with E-state index in [1.54, 1.807) is 18.2 Å². The fraction of sp³-hybridized carbons (Fsp3) is 0.0769. The molecule has 0 amide bonds. The first kappa shape index (κ1) is 9.84. The minimum atomic E-state index is 0.156. The first-order valence-corrected chi connectivity index (χ1v) is 5.23. The van der Waals surface area contributed by atoms with Crippen LogP contribution in [0.3, 0.4) is 0 Å². The van der Waals surface area contributed by atoms with Gasteiger partial charge in [-0.3, -0.25) is 0 Å². The second-order valence-corrected chi connectivity index (χ2v) is 3.81. The maximum absolute atomic E-state index is 9.84. The Bertz CT molecular complexity index is 561. The SMILES string of the molecule is Nc1cccc(O)c1-c1ccc2c(c1)OCO2. The lowest BCUT2D eigenvalue weighted by Crippen LogP contribution is -1.93. The molecule has 0 atom stereocenters. The number of hydrogen-bond donors (Lipinski definition) is 2. The molecule has 4 nitrogen and oxygen atoms in total. The summed E-state index contributed by atoms with van der Waals surface area (Å²) in [7, 11) is 0. The summed E-state index contributed by atoms with van der Waals surface area (Å²) >= 11 is 0. The van der Waals surface area contributed by atoms with Gasteiger partial charge in [-0.15, -0.1) is 0 Å². The summed E-state index contributed by atoms with van der Waals surface area (Å²) in [5.74, 6) is 1.54. The maximum atomic E-state index is 9.84. The lowest BCUT2D eigenvalue weighted by atomic mass is 10.0. The zero-order chi connectivity index (χ0) is 11.8. The smallest absolute Gasteiger partial charge is 0.231 e. The molecule has 1 aliphatic rings. The molecule has 0 aromatic heterocycles. The molecule has 0 unspecified atom stereocenters. The summed E-state index contributed by atoms with van der Waals surface area (Å²) in [6.07, 6.45) is 0. The van der Waals surface area contributed by atoms with Crippen molar-refractivity contribution in [3.63, 3.8) is 0 Å². The van der Waals surface area contributed by atoms with Crippen molar-refractivity contribution in [1.82, 2.24) is 0 Å². The molecule has 3 rings (SSSR count). The summed E-state index contributed by atoms with van der Waals surface area (Å²) in [6.45, 7) is 0.231. The van der Waals surface area contributed by atoms with Crippen LogP contribution in [-0.2, 0) is 0 Å². The third-order valence-electron chi connectivity index (χ3n) is 2.74. The van der Waals surface area contributed by atoms with E-state index < -0.39 is 0 Å². The second-order valence-electron chi connectivity index (χ2n) is 3.81. The van der Waals surface area contributed by atoms with Crippen LogP contribution >= 0.6 is 0 Å². The predicted octanol–water partition coefficient (Wildman–Crippen LogP) is 2.37.